The maximum atomic E-state index is 12.8. The highest BCUT2D eigenvalue weighted by atomic mass is 32.2. The number of nitrogens with one attached hydrogen (secondary N) is 1. The molecule has 0 unspecified atom stereocenters. The molecule has 0 spiro atoms. The van der Waals surface area contributed by atoms with Crippen LogP contribution in [0.15, 0.2) is 47.4 Å². The molecule has 1 N–H and O–H groups in total. The van der Waals surface area contributed by atoms with Gasteiger partial charge in [0, 0.05) is 17.0 Å². The summed E-state index contributed by atoms with van der Waals surface area (Å²) in [5, 5.41) is 13.8. The highest BCUT2D eigenvalue weighted by Gasteiger charge is 2.21. The molecule has 0 aliphatic heterocycles. The zero-order valence-corrected chi connectivity index (χ0v) is 13.9. The molecule has 2 aromatic carbocycles. The van der Waals surface area contributed by atoms with Crippen molar-refractivity contribution in [2.45, 2.75) is 18.2 Å². The SMILES string of the molecule is Cc1cccc(C(=O)NCCCSc2ccc(F)cc2)c1[N+](=O)[O-]. The molecule has 0 heterocycles. The first kappa shape index (κ1) is 17.9. The molecule has 5 nitrogen and oxygen atoms in total. The van der Waals surface area contributed by atoms with Gasteiger partial charge in [0.1, 0.15) is 11.4 Å². The second kappa shape index (κ2) is 8.44. The van der Waals surface area contributed by atoms with E-state index in [1.54, 1.807) is 43.0 Å². The quantitative estimate of drug-likeness (QED) is 0.356. The number of hydrogen-bond acceptors (Lipinski definition) is 4. The Morgan fingerprint density at radius 1 is 1.25 bits per heavy atom. The number of rotatable bonds is 7. The summed E-state index contributed by atoms with van der Waals surface area (Å²) in [6.45, 7) is 2.02. The number of nitrogens with zero attached hydrogens (tertiary/aromatic N) is 1. The number of amides is 1. The molecule has 2 aromatic rings. The number of para-hydroxylation sites is 1. The van der Waals surface area contributed by atoms with Crippen LogP contribution in [0.5, 0.6) is 0 Å². The smallest absolute Gasteiger partial charge is 0.285 e. The van der Waals surface area contributed by atoms with Crippen molar-refractivity contribution in [3.05, 3.63) is 69.5 Å². The van der Waals surface area contributed by atoms with Crippen LogP contribution in [0.3, 0.4) is 0 Å². The van der Waals surface area contributed by atoms with E-state index < -0.39 is 10.8 Å². The van der Waals surface area contributed by atoms with Crippen LogP contribution in [0.2, 0.25) is 0 Å². The van der Waals surface area contributed by atoms with E-state index in [1.165, 1.54) is 18.2 Å². The molecule has 0 aromatic heterocycles. The van der Waals surface area contributed by atoms with E-state index in [4.69, 9.17) is 0 Å². The lowest BCUT2D eigenvalue weighted by atomic mass is 10.1. The van der Waals surface area contributed by atoms with E-state index >= 15 is 0 Å². The number of nitro groups is 1. The highest BCUT2D eigenvalue weighted by Crippen LogP contribution is 2.23. The standard InChI is InChI=1S/C17H17FN2O3S/c1-12-4-2-5-15(16(12)20(22)23)17(21)19-10-3-11-24-14-8-6-13(18)7-9-14/h2,4-9H,3,10-11H2,1H3,(H,19,21). The summed E-state index contributed by atoms with van der Waals surface area (Å²) in [4.78, 5) is 23.7. The Balaban J connectivity index is 1.82. The number of nitro benzene ring substituents is 1. The molecule has 2 rings (SSSR count). The Hall–Kier alpha value is -2.41. The zero-order valence-electron chi connectivity index (χ0n) is 13.1. The van der Waals surface area contributed by atoms with Crippen LogP contribution in [0.1, 0.15) is 22.3 Å². The van der Waals surface area contributed by atoms with Crippen molar-refractivity contribution in [2.24, 2.45) is 0 Å². The van der Waals surface area contributed by atoms with Gasteiger partial charge in [-0.3, -0.25) is 14.9 Å². The van der Waals surface area contributed by atoms with E-state index in [0.29, 0.717) is 18.5 Å². The first-order chi connectivity index (χ1) is 11.5. The van der Waals surface area contributed by atoms with Crippen molar-refractivity contribution in [2.75, 3.05) is 12.3 Å². The third-order valence-electron chi connectivity index (χ3n) is 3.35. The molecule has 7 heteroatoms. The third-order valence-corrected chi connectivity index (χ3v) is 4.45. The van der Waals surface area contributed by atoms with Gasteiger partial charge in [0.15, 0.2) is 0 Å². The second-order valence-corrected chi connectivity index (χ2v) is 6.31. The van der Waals surface area contributed by atoms with E-state index in [1.807, 2.05) is 0 Å². The van der Waals surface area contributed by atoms with Crippen LogP contribution < -0.4 is 5.32 Å². The van der Waals surface area contributed by atoms with Crippen molar-refractivity contribution >= 4 is 23.4 Å². The van der Waals surface area contributed by atoms with E-state index in [9.17, 15) is 19.3 Å². The van der Waals surface area contributed by atoms with E-state index in [2.05, 4.69) is 5.32 Å². The second-order valence-electron chi connectivity index (χ2n) is 5.14. The highest BCUT2D eigenvalue weighted by molar-refractivity contribution is 7.99. The molecule has 0 atom stereocenters. The number of thioether (sulfide) groups is 1. The maximum Gasteiger partial charge on any atom is 0.285 e. The predicted molar refractivity (Wildman–Crippen MR) is 91.9 cm³/mol. The van der Waals surface area contributed by atoms with E-state index in [-0.39, 0.29) is 17.1 Å². The molecule has 0 aliphatic rings. The first-order valence-corrected chi connectivity index (χ1v) is 8.38. The molecule has 0 aliphatic carbocycles. The Kier molecular flexibility index (Phi) is 6.31. The molecule has 0 bridgehead atoms. The van der Waals surface area contributed by atoms with E-state index in [0.717, 1.165) is 10.6 Å². The fraction of sp³-hybridized carbons (Fsp3) is 0.235. The number of benzene rings is 2. The van der Waals surface area contributed by atoms with Gasteiger partial charge >= 0.3 is 0 Å². The Bertz CT molecular complexity index is 735. The average molecular weight is 348 g/mol. The topological polar surface area (TPSA) is 72.2 Å². The van der Waals surface area contributed by atoms with Gasteiger partial charge in [0.25, 0.3) is 11.6 Å². The summed E-state index contributed by atoms with van der Waals surface area (Å²) in [5.74, 6) is 0.0329. The lowest BCUT2D eigenvalue weighted by molar-refractivity contribution is -0.385. The number of halogens is 1. The zero-order chi connectivity index (χ0) is 17.5. The molecule has 24 heavy (non-hydrogen) atoms. The number of hydrogen-bond donors (Lipinski definition) is 1. The van der Waals surface area contributed by atoms with Crippen molar-refractivity contribution in [1.82, 2.24) is 5.32 Å². The van der Waals surface area contributed by atoms with Gasteiger partial charge in [0.2, 0.25) is 0 Å². The minimum Gasteiger partial charge on any atom is -0.352 e. The third kappa shape index (κ3) is 4.79. The normalized spacial score (nSPS) is 10.4. The summed E-state index contributed by atoms with van der Waals surface area (Å²) in [5.41, 5.74) is 0.376. The van der Waals surface area contributed by atoms with Crippen LogP contribution in [-0.2, 0) is 0 Å². The Morgan fingerprint density at radius 3 is 2.62 bits per heavy atom. The van der Waals surface area contributed by atoms with Crippen molar-refractivity contribution < 1.29 is 14.1 Å². The molecular weight excluding hydrogens is 331 g/mol. The molecule has 0 saturated heterocycles. The largest absolute Gasteiger partial charge is 0.352 e. The van der Waals surface area contributed by atoms with Crippen molar-refractivity contribution in [3.63, 3.8) is 0 Å². The van der Waals surface area contributed by atoms with Gasteiger partial charge in [-0.25, -0.2) is 4.39 Å². The molecule has 0 saturated carbocycles. The van der Waals surface area contributed by atoms with Gasteiger partial charge in [-0.1, -0.05) is 12.1 Å². The molecular formula is C17H17FN2O3S. The summed E-state index contributed by atoms with van der Waals surface area (Å²) >= 11 is 1.56. The molecule has 126 valence electrons. The van der Waals surface area contributed by atoms with Gasteiger partial charge in [0.05, 0.1) is 4.92 Å². The lowest BCUT2D eigenvalue weighted by Crippen LogP contribution is -2.25. The number of aryl methyl sites for hydroxylation is 1. The fourth-order valence-electron chi connectivity index (χ4n) is 2.17. The number of carbonyl (C=O) groups is 1. The lowest BCUT2D eigenvalue weighted by Gasteiger charge is -2.07. The van der Waals surface area contributed by atoms with Gasteiger partial charge in [-0.2, -0.15) is 0 Å². The Morgan fingerprint density at radius 2 is 1.96 bits per heavy atom. The fourth-order valence-corrected chi connectivity index (χ4v) is 3.03. The molecule has 0 fully saturated rings. The minimum absolute atomic E-state index is 0.0752. The summed E-state index contributed by atoms with van der Waals surface area (Å²) in [6, 6.07) is 10.9. The molecule has 1 amide bonds. The summed E-state index contributed by atoms with van der Waals surface area (Å²) in [6.07, 6.45) is 0.702. The van der Waals surface area contributed by atoms with Crippen LogP contribution in [0, 0.1) is 22.9 Å². The Labute approximate surface area is 143 Å². The first-order valence-electron chi connectivity index (χ1n) is 7.39. The van der Waals surface area contributed by atoms with Crippen LogP contribution in [-0.4, -0.2) is 23.1 Å². The predicted octanol–water partition coefficient (Wildman–Crippen LogP) is 3.95. The minimum atomic E-state index is -0.533. The van der Waals surface area contributed by atoms with Crippen LogP contribution >= 0.6 is 11.8 Å². The summed E-state index contributed by atoms with van der Waals surface area (Å²) < 4.78 is 12.8. The van der Waals surface area contributed by atoms with Crippen molar-refractivity contribution in [3.8, 4) is 0 Å². The average Bonchev–Trinajstić information content (AvgIpc) is 2.55. The van der Waals surface area contributed by atoms with Gasteiger partial charge in [-0.05, 0) is 49.4 Å². The van der Waals surface area contributed by atoms with Crippen molar-refractivity contribution in [1.29, 1.82) is 0 Å². The monoisotopic (exact) mass is 348 g/mol. The number of carbonyl (C=O) groups excluding carboxylic acids is 1. The van der Waals surface area contributed by atoms with Gasteiger partial charge in [-0.15, -0.1) is 11.8 Å². The van der Waals surface area contributed by atoms with Crippen LogP contribution in [0.25, 0.3) is 0 Å². The van der Waals surface area contributed by atoms with Crippen LogP contribution in [0.4, 0.5) is 10.1 Å². The maximum absolute atomic E-state index is 12.8. The summed E-state index contributed by atoms with van der Waals surface area (Å²) in [7, 11) is 0. The molecule has 0 radical (unpaired) electrons. The van der Waals surface area contributed by atoms with Gasteiger partial charge < -0.3 is 5.32 Å².